The summed E-state index contributed by atoms with van der Waals surface area (Å²) in [5.41, 5.74) is 0. The lowest BCUT2D eigenvalue weighted by molar-refractivity contribution is -0.121. The maximum Gasteiger partial charge on any atom is 0.221 e. The third-order valence-corrected chi connectivity index (χ3v) is 2.15. The molecule has 1 amide bonds. The van der Waals surface area contributed by atoms with E-state index in [0.29, 0.717) is 19.1 Å². The van der Waals surface area contributed by atoms with Gasteiger partial charge in [0.15, 0.2) is 0 Å². The minimum absolute atomic E-state index is 0.0669. The zero-order valence-corrected chi connectivity index (χ0v) is 9.59. The Bertz CT molecular complexity index is 162. The van der Waals surface area contributed by atoms with Crippen molar-refractivity contribution in [2.45, 2.75) is 38.8 Å². The van der Waals surface area contributed by atoms with Crippen molar-refractivity contribution in [3.63, 3.8) is 0 Å². The fourth-order valence-electron chi connectivity index (χ4n) is 1.33. The minimum Gasteiger partial charge on any atom is -0.383 e. The molecule has 0 aliphatic rings. The molecule has 0 aromatic heterocycles. The van der Waals surface area contributed by atoms with Crippen molar-refractivity contribution in [3.8, 4) is 0 Å². The van der Waals surface area contributed by atoms with Crippen molar-refractivity contribution in [1.82, 2.24) is 10.6 Å². The summed E-state index contributed by atoms with van der Waals surface area (Å²) in [5, 5.41) is 5.96. The van der Waals surface area contributed by atoms with Gasteiger partial charge in [0.05, 0.1) is 6.61 Å². The highest BCUT2D eigenvalue weighted by atomic mass is 16.5. The Morgan fingerprint density at radius 3 is 2.57 bits per heavy atom. The number of ether oxygens (including phenoxy) is 1. The predicted molar refractivity (Wildman–Crippen MR) is 57.2 cm³/mol. The van der Waals surface area contributed by atoms with Crippen LogP contribution in [0.5, 0.6) is 0 Å². The lowest BCUT2D eigenvalue weighted by atomic mass is 10.1. The SMILES string of the molecule is CCC(COC)NC(C)CC(=O)NC. The van der Waals surface area contributed by atoms with Crippen molar-refractivity contribution in [1.29, 1.82) is 0 Å². The Morgan fingerprint density at radius 1 is 1.50 bits per heavy atom. The zero-order chi connectivity index (χ0) is 11.0. The molecule has 0 aromatic carbocycles. The highest BCUT2D eigenvalue weighted by Gasteiger charge is 2.12. The van der Waals surface area contributed by atoms with Crippen molar-refractivity contribution in [2.24, 2.45) is 0 Å². The van der Waals surface area contributed by atoms with E-state index in [4.69, 9.17) is 4.74 Å². The van der Waals surface area contributed by atoms with Crippen LogP contribution >= 0.6 is 0 Å². The molecule has 4 heteroatoms. The average Bonchev–Trinajstić information content (AvgIpc) is 2.16. The summed E-state index contributed by atoms with van der Waals surface area (Å²) < 4.78 is 5.06. The van der Waals surface area contributed by atoms with E-state index < -0.39 is 0 Å². The number of nitrogens with one attached hydrogen (secondary N) is 2. The third-order valence-electron chi connectivity index (χ3n) is 2.15. The quantitative estimate of drug-likeness (QED) is 0.633. The smallest absolute Gasteiger partial charge is 0.221 e. The first kappa shape index (κ1) is 13.4. The summed E-state index contributed by atoms with van der Waals surface area (Å²) in [7, 11) is 3.34. The van der Waals surface area contributed by atoms with Crippen molar-refractivity contribution in [2.75, 3.05) is 20.8 Å². The molecule has 0 rings (SSSR count). The molecule has 0 radical (unpaired) electrons. The fourth-order valence-corrected chi connectivity index (χ4v) is 1.33. The van der Waals surface area contributed by atoms with E-state index in [2.05, 4.69) is 17.6 Å². The van der Waals surface area contributed by atoms with E-state index in [0.717, 1.165) is 6.42 Å². The first-order valence-corrected chi connectivity index (χ1v) is 5.09. The number of hydrogen-bond donors (Lipinski definition) is 2. The average molecular weight is 202 g/mol. The first-order chi connectivity index (χ1) is 6.63. The number of rotatable bonds is 7. The lowest BCUT2D eigenvalue weighted by Gasteiger charge is -2.21. The summed E-state index contributed by atoms with van der Waals surface area (Å²) in [6, 6.07) is 0.523. The molecule has 0 aromatic rings. The second-order valence-corrected chi connectivity index (χ2v) is 3.51. The Kier molecular flexibility index (Phi) is 7.42. The van der Waals surface area contributed by atoms with Crippen molar-refractivity contribution >= 4 is 5.91 Å². The van der Waals surface area contributed by atoms with Gasteiger partial charge in [-0.3, -0.25) is 4.79 Å². The molecule has 2 N–H and O–H groups in total. The van der Waals surface area contributed by atoms with Crippen LogP contribution in [0.3, 0.4) is 0 Å². The maximum absolute atomic E-state index is 11.1. The molecule has 2 atom stereocenters. The van der Waals surface area contributed by atoms with Crippen LogP contribution in [-0.4, -0.2) is 38.8 Å². The van der Waals surface area contributed by atoms with Gasteiger partial charge in [-0.05, 0) is 13.3 Å². The molecule has 0 heterocycles. The number of carbonyl (C=O) groups excluding carboxylic acids is 1. The van der Waals surface area contributed by atoms with Crippen LogP contribution in [-0.2, 0) is 9.53 Å². The van der Waals surface area contributed by atoms with Gasteiger partial charge in [0.1, 0.15) is 0 Å². The molecule has 4 nitrogen and oxygen atoms in total. The first-order valence-electron chi connectivity index (χ1n) is 5.09. The molecular weight excluding hydrogens is 180 g/mol. The number of hydrogen-bond acceptors (Lipinski definition) is 3. The molecule has 0 saturated heterocycles. The molecular formula is C10H22N2O2. The number of methoxy groups -OCH3 is 1. The van der Waals surface area contributed by atoms with Crippen LogP contribution in [0.15, 0.2) is 0 Å². The fraction of sp³-hybridized carbons (Fsp3) is 0.900. The molecule has 84 valence electrons. The van der Waals surface area contributed by atoms with Gasteiger partial charge in [0.2, 0.25) is 5.91 Å². The molecule has 0 aliphatic heterocycles. The van der Waals surface area contributed by atoms with E-state index in [9.17, 15) is 4.79 Å². The van der Waals surface area contributed by atoms with Gasteiger partial charge in [-0.25, -0.2) is 0 Å². The van der Waals surface area contributed by atoms with E-state index in [1.165, 1.54) is 0 Å². The van der Waals surface area contributed by atoms with Crippen molar-refractivity contribution < 1.29 is 9.53 Å². The van der Waals surface area contributed by atoms with Gasteiger partial charge in [-0.15, -0.1) is 0 Å². The van der Waals surface area contributed by atoms with Crippen LogP contribution in [0.25, 0.3) is 0 Å². The van der Waals surface area contributed by atoms with E-state index in [1.54, 1.807) is 14.2 Å². The minimum atomic E-state index is 0.0669. The van der Waals surface area contributed by atoms with Crippen LogP contribution in [0, 0.1) is 0 Å². The Balaban J connectivity index is 3.77. The second-order valence-electron chi connectivity index (χ2n) is 3.51. The van der Waals surface area contributed by atoms with E-state index in [1.807, 2.05) is 6.92 Å². The van der Waals surface area contributed by atoms with E-state index >= 15 is 0 Å². The molecule has 0 aliphatic carbocycles. The molecule has 0 fully saturated rings. The van der Waals surface area contributed by atoms with Crippen LogP contribution < -0.4 is 10.6 Å². The maximum atomic E-state index is 11.1. The lowest BCUT2D eigenvalue weighted by Crippen LogP contribution is -2.41. The van der Waals surface area contributed by atoms with Gasteiger partial charge < -0.3 is 15.4 Å². The van der Waals surface area contributed by atoms with Crippen LogP contribution in [0.1, 0.15) is 26.7 Å². The number of amides is 1. The predicted octanol–water partition coefficient (Wildman–Crippen LogP) is 0.526. The highest BCUT2D eigenvalue weighted by Crippen LogP contribution is 1.97. The topological polar surface area (TPSA) is 50.4 Å². The van der Waals surface area contributed by atoms with Gasteiger partial charge in [0.25, 0.3) is 0 Å². The van der Waals surface area contributed by atoms with Crippen LogP contribution in [0.2, 0.25) is 0 Å². The van der Waals surface area contributed by atoms with Gasteiger partial charge in [-0.1, -0.05) is 6.92 Å². The van der Waals surface area contributed by atoms with Gasteiger partial charge in [-0.2, -0.15) is 0 Å². The largest absolute Gasteiger partial charge is 0.383 e. The molecule has 2 unspecified atom stereocenters. The Hall–Kier alpha value is -0.610. The normalized spacial score (nSPS) is 14.9. The molecule has 0 saturated carbocycles. The van der Waals surface area contributed by atoms with Crippen molar-refractivity contribution in [3.05, 3.63) is 0 Å². The summed E-state index contributed by atoms with van der Waals surface area (Å²) in [6.45, 7) is 4.80. The van der Waals surface area contributed by atoms with Gasteiger partial charge >= 0.3 is 0 Å². The molecule has 0 spiro atoms. The highest BCUT2D eigenvalue weighted by molar-refractivity contribution is 5.76. The van der Waals surface area contributed by atoms with E-state index in [-0.39, 0.29) is 11.9 Å². The molecule has 14 heavy (non-hydrogen) atoms. The standard InChI is InChI=1S/C10H22N2O2/c1-5-9(7-14-4)12-8(2)6-10(13)11-3/h8-9,12H,5-7H2,1-4H3,(H,11,13). The summed E-state index contributed by atoms with van der Waals surface area (Å²) in [4.78, 5) is 11.1. The monoisotopic (exact) mass is 202 g/mol. The Morgan fingerprint density at radius 2 is 2.14 bits per heavy atom. The molecule has 0 bridgehead atoms. The zero-order valence-electron chi connectivity index (χ0n) is 9.59. The summed E-state index contributed by atoms with van der Waals surface area (Å²) >= 11 is 0. The van der Waals surface area contributed by atoms with Gasteiger partial charge in [0, 0.05) is 32.7 Å². The third kappa shape index (κ3) is 5.94. The Labute approximate surface area is 86.4 Å². The summed E-state index contributed by atoms with van der Waals surface area (Å²) in [6.07, 6.45) is 1.52. The second kappa shape index (κ2) is 7.76. The van der Waals surface area contributed by atoms with Crippen LogP contribution in [0.4, 0.5) is 0 Å². The number of carbonyl (C=O) groups is 1. The summed E-state index contributed by atoms with van der Waals surface area (Å²) in [5.74, 6) is 0.0669.